The molecule has 1 aliphatic carbocycles. The number of halogens is 1. The van der Waals surface area contributed by atoms with E-state index in [-0.39, 0.29) is 17.8 Å². The second kappa shape index (κ2) is 6.43. The van der Waals surface area contributed by atoms with Crippen LogP contribution in [0.3, 0.4) is 0 Å². The molecular formula is C18H22ClN. The van der Waals surface area contributed by atoms with Crippen molar-refractivity contribution in [3.63, 3.8) is 0 Å². The van der Waals surface area contributed by atoms with E-state index in [0.717, 1.165) is 12.8 Å². The van der Waals surface area contributed by atoms with Crippen molar-refractivity contribution in [1.29, 1.82) is 0 Å². The fourth-order valence-electron chi connectivity index (χ4n) is 3.52. The summed E-state index contributed by atoms with van der Waals surface area (Å²) in [4.78, 5) is 0. The zero-order chi connectivity index (χ0) is 13.1. The molecule has 2 aromatic rings. The van der Waals surface area contributed by atoms with Gasteiger partial charge in [0.15, 0.2) is 0 Å². The summed E-state index contributed by atoms with van der Waals surface area (Å²) in [6.07, 6.45) is 4.63. The number of nitrogens with two attached hydrogens (primary N) is 1. The van der Waals surface area contributed by atoms with Crippen molar-refractivity contribution in [2.45, 2.75) is 37.1 Å². The maximum absolute atomic E-state index is 6.29. The van der Waals surface area contributed by atoms with Crippen LogP contribution < -0.4 is 5.73 Å². The second-order valence-electron chi connectivity index (χ2n) is 5.67. The highest BCUT2D eigenvalue weighted by molar-refractivity contribution is 5.85. The molecule has 1 aliphatic rings. The molecule has 0 heterocycles. The smallest absolute Gasteiger partial charge is 0.0217 e. The Kier molecular flexibility index (Phi) is 4.85. The Hall–Kier alpha value is -1.31. The van der Waals surface area contributed by atoms with Gasteiger partial charge in [-0.05, 0) is 30.4 Å². The van der Waals surface area contributed by atoms with Gasteiger partial charge in [-0.25, -0.2) is 0 Å². The Labute approximate surface area is 127 Å². The van der Waals surface area contributed by atoms with E-state index in [9.17, 15) is 0 Å². The largest absolute Gasteiger partial charge is 0.328 e. The van der Waals surface area contributed by atoms with Crippen molar-refractivity contribution in [1.82, 2.24) is 0 Å². The van der Waals surface area contributed by atoms with Crippen molar-refractivity contribution < 1.29 is 0 Å². The van der Waals surface area contributed by atoms with Crippen molar-refractivity contribution >= 4 is 12.4 Å². The van der Waals surface area contributed by atoms with Gasteiger partial charge in [0.1, 0.15) is 0 Å². The summed E-state index contributed by atoms with van der Waals surface area (Å²) in [7, 11) is 0. The number of rotatable bonds is 2. The van der Waals surface area contributed by atoms with E-state index in [0.29, 0.717) is 6.04 Å². The summed E-state index contributed by atoms with van der Waals surface area (Å²) < 4.78 is 0. The van der Waals surface area contributed by atoms with Crippen LogP contribution in [-0.4, -0.2) is 6.04 Å². The van der Waals surface area contributed by atoms with Crippen LogP contribution in [-0.2, 0) is 5.41 Å². The summed E-state index contributed by atoms with van der Waals surface area (Å²) >= 11 is 0. The van der Waals surface area contributed by atoms with E-state index in [2.05, 4.69) is 60.7 Å². The minimum atomic E-state index is 0. The average Bonchev–Trinajstić information content (AvgIpc) is 2.49. The summed E-state index contributed by atoms with van der Waals surface area (Å²) in [6.45, 7) is 0. The monoisotopic (exact) mass is 287 g/mol. The third-order valence-electron chi connectivity index (χ3n) is 4.44. The molecule has 0 aromatic heterocycles. The van der Waals surface area contributed by atoms with Gasteiger partial charge < -0.3 is 5.73 Å². The van der Waals surface area contributed by atoms with Crippen LogP contribution in [0, 0.1) is 0 Å². The maximum atomic E-state index is 6.29. The molecule has 0 amide bonds. The van der Waals surface area contributed by atoms with Gasteiger partial charge in [0.25, 0.3) is 0 Å². The first-order chi connectivity index (χ1) is 9.31. The molecule has 0 bridgehead atoms. The molecule has 1 nitrogen and oxygen atoms in total. The van der Waals surface area contributed by atoms with Gasteiger partial charge in [0.2, 0.25) is 0 Å². The minimum Gasteiger partial charge on any atom is -0.328 e. The minimum absolute atomic E-state index is 0. The number of hydrogen-bond acceptors (Lipinski definition) is 1. The quantitative estimate of drug-likeness (QED) is 0.876. The highest BCUT2D eigenvalue weighted by Gasteiger charge is 2.38. The number of benzene rings is 2. The van der Waals surface area contributed by atoms with E-state index >= 15 is 0 Å². The fraction of sp³-hybridized carbons (Fsp3) is 0.333. The van der Waals surface area contributed by atoms with Crippen LogP contribution in [0.4, 0.5) is 0 Å². The van der Waals surface area contributed by atoms with Crippen molar-refractivity contribution in [3.05, 3.63) is 71.8 Å². The molecular weight excluding hydrogens is 266 g/mol. The molecule has 20 heavy (non-hydrogen) atoms. The molecule has 0 aliphatic heterocycles. The first-order valence-corrected chi connectivity index (χ1v) is 7.18. The molecule has 0 saturated heterocycles. The highest BCUT2D eigenvalue weighted by atomic mass is 35.5. The first kappa shape index (κ1) is 15.1. The van der Waals surface area contributed by atoms with Gasteiger partial charge in [-0.3, -0.25) is 0 Å². The SMILES string of the molecule is Cl.NC1CCCC(c2ccccc2)(c2ccccc2)C1. The molecule has 2 N–H and O–H groups in total. The lowest BCUT2D eigenvalue weighted by Crippen LogP contribution is -2.40. The van der Waals surface area contributed by atoms with E-state index < -0.39 is 0 Å². The van der Waals surface area contributed by atoms with E-state index in [1.165, 1.54) is 24.0 Å². The van der Waals surface area contributed by atoms with Gasteiger partial charge >= 0.3 is 0 Å². The van der Waals surface area contributed by atoms with Crippen LogP contribution >= 0.6 is 12.4 Å². The van der Waals surface area contributed by atoms with E-state index in [1.54, 1.807) is 0 Å². The molecule has 2 heteroatoms. The molecule has 3 rings (SSSR count). The predicted molar refractivity (Wildman–Crippen MR) is 87.4 cm³/mol. The zero-order valence-electron chi connectivity index (χ0n) is 11.7. The van der Waals surface area contributed by atoms with Gasteiger partial charge in [-0.1, -0.05) is 67.1 Å². The molecule has 0 radical (unpaired) electrons. The fourth-order valence-corrected chi connectivity index (χ4v) is 3.52. The summed E-state index contributed by atoms with van der Waals surface area (Å²) in [5.74, 6) is 0. The maximum Gasteiger partial charge on any atom is 0.0217 e. The lowest BCUT2D eigenvalue weighted by molar-refractivity contribution is 0.311. The van der Waals surface area contributed by atoms with Crippen LogP contribution in [0.15, 0.2) is 60.7 Å². The Balaban J connectivity index is 0.00000147. The lowest BCUT2D eigenvalue weighted by atomic mass is 9.64. The topological polar surface area (TPSA) is 26.0 Å². The van der Waals surface area contributed by atoms with Crippen LogP contribution in [0.5, 0.6) is 0 Å². The zero-order valence-corrected chi connectivity index (χ0v) is 12.5. The van der Waals surface area contributed by atoms with Gasteiger partial charge in [-0.2, -0.15) is 0 Å². The third-order valence-corrected chi connectivity index (χ3v) is 4.44. The lowest BCUT2D eigenvalue weighted by Gasteiger charge is -2.41. The average molecular weight is 288 g/mol. The Morgan fingerprint density at radius 3 is 1.80 bits per heavy atom. The van der Waals surface area contributed by atoms with Crippen LogP contribution in [0.1, 0.15) is 36.8 Å². The molecule has 1 atom stereocenters. The van der Waals surface area contributed by atoms with E-state index in [4.69, 9.17) is 5.73 Å². The predicted octanol–water partition coefficient (Wildman–Crippen LogP) is 4.30. The van der Waals surface area contributed by atoms with Crippen molar-refractivity contribution in [2.75, 3.05) is 0 Å². The number of hydrogen-bond donors (Lipinski definition) is 1. The molecule has 106 valence electrons. The molecule has 1 saturated carbocycles. The Bertz CT molecular complexity index is 484. The summed E-state index contributed by atoms with van der Waals surface area (Å²) in [5.41, 5.74) is 9.22. The van der Waals surface area contributed by atoms with Crippen LogP contribution in [0.2, 0.25) is 0 Å². The summed E-state index contributed by atoms with van der Waals surface area (Å²) in [6, 6.07) is 22.1. The van der Waals surface area contributed by atoms with Crippen molar-refractivity contribution in [3.8, 4) is 0 Å². The highest BCUT2D eigenvalue weighted by Crippen LogP contribution is 2.44. The van der Waals surface area contributed by atoms with Gasteiger partial charge in [0.05, 0.1) is 0 Å². The Morgan fingerprint density at radius 1 is 0.850 bits per heavy atom. The van der Waals surface area contributed by atoms with Gasteiger partial charge in [-0.15, -0.1) is 12.4 Å². The third kappa shape index (κ3) is 2.74. The normalized spacial score (nSPS) is 20.9. The Morgan fingerprint density at radius 2 is 1.35 bits per heavy atom. The standard InChI is InChI=1S/C18H21N.ClH/c19-17-12-7-13-18(14-17,15-8-3-1-4-9-15)16-10-5-2-6-11-16;/h1-6,8-11,17H,7,12-14,19H2;1H. The van der Waals surface area contributed by atoms with Crippen LogP contribution in [0.25, 0.3) is 0 Å². The molecule has 2 aromatic carbocycles. The first-order valence-electron chi connectivity index (χ1n) is 7.18. The molecule has 1 fully saturated rings. The van der Waals surface area contributed by atoms with Crippen molar-refractivity contribution in [2.24, 2.45) is 5.73 Å². The molecule has 0 spiro atoms. The van der Waals surface area contributed by atoms with Gasteiger partial charge in [0, 0.05) is 11.5 Å². The van der Waals surface area contributed by atoms with E-state index in [1.807, 2.05) is 0 Å². The second-order valence-corrected chi connectivity index (χ2v) is 5.67. The molecule has 1 unspecified atom stereocenters. The summed E-state index contributed by atoms with van der Waals surface area (Å²) in [5, 5.41) is 0.